The van der Waals surface area contributed by atoms with Gasteiger partial charge in [-0.1, -0.05) is 18.2 Å². The molecule has 2 rings (SSSR count). The second-order valence-electron chi connectivity index (χ2n) is 4.18. The molecule has 0 amide bonds. The average Bonchev–Trinajstić information content (AvgIpc) is 2.37. The Balaban J connectivity index is 2.59. The molecule has 0 radical (unpaired) electrons. The van der Waals surface area contributed by atoms with Gasteiger partial charge in [0, 0.05) is 5.56 Å². The highest BCUT2D eigenvalue weighted by atomic mass is 19.4. The van der Waals surface area contributed by atoms with Crippen LogP contribution in [-0.2, 0) is 6.18 Å². The van der Waals surface area contributed by atoms with Crippen LogP contribution in [0.3, 0.4) is 0 Å². The van der Waals surface area contributed by atoms with Gasteiger partial charge in [-0.25, -0.2) is 4.79 Å². The molecule has 0 aliphatic rings. The zero-order chi connectivity index (χ0) is 14.9. The number of halogens is 3. The lowest BCUT2D eigenvalue weighted by Gasteiger charge is -2.13. The zero-order valence-corrected chi connectivity index (χ0v) is 10.4. The lowest BCUT2D eigenvalue weighted by molar-refractivity contribution is -0.137. The van der Waals surface area contributed by atoms with Crippen LogP contribution in [0, 0.1) is 6.92 Å². The fourth-order valence-electron chi connectivity index (χ4n) is 1.89. The minimum atomic E-state index is -4.49. The summed E-state index contributed by atoms with van der Waals surface area (Å²) in [5, 5.41) is 8.89. The Labute approximate surface area is 112 Å². The second kappa shape index (κ2) is 4.96. The number of benzene rings is 1. The van der Waals surface area contributed by atoms with E-state index in [4.69, 9.17) is 5.11 Å². The van der Waals surface area contributed by atoms with E-state index in [1.54, 1.807) is 0 Å². The van der Waals surface area contributed by atoms with Crippen molar-refractivity contribution in [3.63, 3.8) is 0 Å². The minimum absolute atomic E-state index is 0.0294. The number of hydrogen-bond donors (Lipinski definition) is 1. The molecule has 104 valence electrons. The number of alkyl halides is 3. The lowest BCUT2D eigenvalue weighted by Crippen LogP contribution is -2.08. The summed E-state index contributed by atoms with van der Waals surface area (Å²) in [6, 6.07) is 7.59. The summed E-state index contributed by atoms with van der Waals surface area (Å²) in [4.78, 5) is 14.8. The van der Waals surface area contributed by atoms with Crippen molar-refractivity contribution in [3.05, 3.63) is 53.2 Å². The van der Waals surface area contributed by atoms with Crippen LogP contribution in [0.2, 0.25) is 0 Å². The third kappa shape index (κ3) is 2.64. The molecule has 0 bridgehead atoms. The molecule has 0 unspecified atom stereocenters. The Morgan fingerprint density at radius 2 is 1.80 bits per heavy atom. The Bertz CT molecular complexity index is 666. The molecule has 3 nitrogen and oxygen atoms in total. The number of hydrogen-bond acceptors (Lipinski definition) is 2. The van der Waals surface area contributed by atoms with Gasteiger partial charge in [-0.3, -0.25) is 4.98 Å². The highest BCUT2D eigenvalue weighted by Gasteiger charge is 2.33. The van der Waals surface area contributed by atoms with Crippen LogP contribution < -0.4 is 0 Å². The quantitative estimate of drug-likeness (QED) is 0.911. The van der Waals surface area contributed by atoms with Gasteiger partial charge < -0.3 is 5.11 Å². The molecular weight excluding hydrogens is 271 g/mol. The lowest BCUT2D eigenvalue weighted by atomic mass is 10.0. The number of carboxylic acids is 1. The van der Waals surface area contributed by atoms with Gasteiger partial charge in [0.1, 0.15) is 0 Å². The standard InChI is InChI=1S/C14H10F3NO2/c1-8-9(13(19)20)6-7-12(18-8)10-4-2-3-5-11(10)14(15,16)17/h2-7H,1H3,(H,19,20). The van der Waals surface area contributed by atoms with Crippen molar-refractivity contribution in [2.24, 2.45) is 0 Å². The van der Waals surface area contributed by atoms with E-state index < -0.39 is 17.7 Å². The molecule has 0 aliphatic carbocycles. The summed E-state index contributed by atoms with van der Waals surface area (Å²) >= 11 is 0. The van der Waals surface area contributed by atoms with Crippen LogP contribution in [0.4, 0.5) is 13.2 Å². The normalized spacial score (nSPS) is 11.4. The molecule has 0 saturated heterocycles. The number of aromatic carboxylic acids is 1. The van der Waals surface area contributed by atoms with Crippen LogP contribution in [0.25, 0.3) is 11.3 Å². The highest BCUT2D eigenvalue weighted by molar-refractivity contribution is 5.89. The highest BCUT2D eigenvalue weighted by Crippen LogP contribution is 2.36. The largest absolute Gasteiger partial charge is 0.478 e. The molecular formula is C14H10F3NO2. The van der Waals surface area contributed by atoms with E-state index in [0.29, 0.717) is 0 Å². The second-order valence-corrected chi connectivity index (χ2v) is 4.18. The number of carbonyl (C=O) groups is 1. The predicted molar refractivity (Wildman–Crippen MR) is 66.4 cm³/mol. The Morgan fingerprint density at radius 1 is 1.15 bits per heavy atom. The summed E-state index contributed by atoms with van der Waals surface area (Å²) in [5.41, 5.74) is -0.624. The smallest absolute Gasteiger partial charge is 0.417 e. The molecule has 0 saturated carbocycles. The first-order valence-corrected chi connectivity index (χ1v) is 5.68. The van der Waals surface area contributed by atoms with Gasteiger partial charge in [-0.15, -0.1) is 0 Å². The van der Waals surface area contributed by atoms with Gasteiger partial charge in [0.15, 0.2) is 0 Å². The molecule has 1 N–H and O–H groups in total. The van der Waals surface area contributed by atoms with Crippen molar-refractivity contribution in [1.29, 1.82) is 0 Å². The topological polar surface area (TPSA) is 50.2 Å². The molecule has 1 aromatic heterocycles. The van der Waals surface area contributed by atoms with Crippen molar-refractivity contribution >= 4 is 5.97 Å². The maximum atomic E-state index is 12.9. The Hall–Kier alpha value is -2.37. The van der Waals surface area contributed by atoms with Crippen molar-refractivity contribution < 1.29 is 23.1 Å². The molecule has 6 heteroatoms. The average molecular weight is 281 g/mol. The van der Waals surface area contributed by atoms with Crippen molar-refractivity contribution in [1.82, 2.24) is 4.98 Å². The molecule has 20 heavy (non-hydrogen) atoms. The first-order valence-electron chi connectivity index (χ1n) is 5.68. The van der Waals surface area contributed by atoms with E-state index in [9.17, 15) is 18.0 Å². The zero-order valence-electron chi connectivity index (χ0n) is 10.4. The first kappa shape index (κ1) is 14.0. The number of nitrogens with zero attached hydrogens (tertiary/aromatic N) is 1. The van der Waals surface area contributed by atoms with Crippen LogP contribution in [0.1, 0.15) is 21.6 Å². The van der Waals surface area contributed by atoms with Gasteiger partial charge in [-0.05, 0) is 25.1 Å². The summed E-state index contributed by atoms with van der Waals surface area (Å²) in [7, 11) is 0. The van der Waals surface area contributed by atoms with E-state index in [2.05, 4.69) is 4.98 Å². The van der Waals surface area contributed by atoms with Gasteiger partial charge >= 0.3 is 12.1 Å². The number of aryl methyl sites for hydroxylation is 1. The molecule has 0 spiro atoms. The minimum Gasteiger partial charge on any atom is -0.478 e. The molecule has 0 aliphatic heterocycles. The van der Waals surface area contributed by atoms with Gasteiger partial charge in [0.25, 0.3) is 0 Å². The molecule has 0 atom stereocenters. The first-order chi connectivity index (χ1) is 9.30. The van der Waals surface area contributed by atoms with Crippen LogP contribution in [0.15, 0.2) is 36.4 Å². The molecule has 1 heterocycles. The van der Waals surface area contributed by atoms with E-state index in [1.807, 2.05) is 0 Å². The molecule has 0 fully saturated rings. The van der Waals surface area contributed by atoms with E-state index >= 15 is 0 Å². The Kier molecular flexibility index (Phi) is 3.48. The number of rotatable bonds is 2. The van der Waals surface area contributed by atoms with Crippen LogP contribution in [0.5, 0.6) is 0 Å². The van der Waals surface area contributed by atoms with Crippen molar-refractivity contribution in [3.8, 4) is 11.3 Å². The van der Waals surface area contributed by atoms with E-state index in [-0.39, 0.29) is 22.5 Å². The number of carboxylic acid groups (broad SMARTS) is 1. The maximum absolute atomic E-state index is 12.9. The van der Waals surface area contributed by atoms with Gasteiger partial charge in [-0.2, -0.15) is 13.2 Å². The number of pyridine rings is 1. The fourth-order valence-corrected chi connectivity index (χ4v) is 1.89. The summed E-state index contributed by atoms with van der Waals surface area (Å²) in [5.74, 6) is -1.16. The van der Waals surface area contributed by atoms with Crippen LogP contribution >= 0.6 is 0 Å². The maximum Gasteiger partial charge on any atom is 0.417 e. The molecule has 2 aromatic rings. The molecule has 1 aromatic carbocycles. The fraction of sp³-hybridized carbons (Fsp3) is 0.143. The monoisotopic (exact) mass is 281 g/mol. The van der Waals surface area contributed by atoms with Crippen molar-refractivity contribution in [2.45, 2.75) is 13.1 Å². The number of aromatic nitrogens is 1. The van der Waals surface area contributed by atoms with Gasteiger partial charge in [0.05, 0.1) is 22.5 Å². The SMILES string of the molecule is Cc1nc(-c2ccccc2C(F)(F)F)ccc1C(=O)O. The van der Waals surface area contributed by atoms with Gasteiger partial charge in [0.2, 0.25) is 0 Å². The summed E-state index contributed by atoms with van der Waals surface area (Å²) in [6.45, 7) is 1.45. The summed E-state index contributed by atoms with van der Waals surface area (Å²) in [6.07, 6.45) is -4.49. The van der Waals surface area contributed by atoms with E-state index in [1.165, 1.54) is 37.3 Å². The van der Waals surface area contributed by atoms with Crippen molar-refractivity contribution in [2.75, 3.05) is 0 Å². The Morgan fingerprint density at radius 3 is 2.35 bits per heavy atom. The van der Waals surface area contributed by atoms with Crippen LogP contribution in [-0.4, -0.2) is 16.1 Å². The third-order valence-corrected chi connectivity index (χ3v) is 2.82. The third-order valence-electron chi connectivity index (χ3n) is 2.82. The van der Waals surface area contributed by atoms with E-state index in [0.717, 1.165) is 6.07 Å². The predicted octanol–water partition coefficient (Wildman–Crippen LogP) is 3.77. The summed E-state index contributed by atoms with van der Waals surface area (Å²) < 4.78 is 38.8.